The van der Waals surface area contributed by atoms with E-state index in [0.717, 1.165) is 11.5 Å². The van der Waals surface area contributed by atoms with Crippen molar-refractivity contribution in [2.75, 3.05) is 6.54 Å². The average Bonchev–Trinajstić information content (AvgIpc) is 2.46. The largest absolute Gasteiger partial charge is 0.314 e. The van der Waals surface area contributed by atoms with Crippen LogP contribution in [-0.2, 0) is 0 Å². The molecule has 1 spiro atoms. The first-order valence-electron chi connectivity index (χ1n) is 4.54. The van der Waals surface area contributed by atoms with Crippen LogP contribution in [0.25, 0.3) is 0 Å². The molecule has 1 N–H and O–H groups in total. The summed E-state index contributed by atoms with van der Waals surface area (Å²) in [5, 5.41) is 3.55. The standard InChI is InChI=1S/C9H17N.ClH/c1-8-6-9(7-10-8)4-2-3-5-9;/h8,10H,2-7H2,1H3;1H/t8-;/m0./s1. The van der Waals surface area contributed by atoms with E-state index in [4.69, 9.17) is 0 Å². The molecule has 0 radical (unpaired) electrons. The van der Waals surface area contributed by atoms with Gasteiger partial charge in [-0.2, -0.15) is 0 Å². The maximum absolute atomic E-state index is 3.55. The third-order valence-electron chi connectivity index (χ3n) is 3.23. The Morgan fingerprint density at radius 3 is 2.36 bits per heavy atom. The van der Waals surface area contributed by atoms with Crippen LogP contribution in [0.1, 0.15) is 39.0 Å². The van der Waals surface area contributed by atoms with E-state index in [0.29, 0.717) is 0 Å². The molecular weight excluding hydrogens is 158 g/mol. The average molecular weight is 176 g/mol. The first-order valence-corrected chi connectivity index (χ1v) is 4.54. The number of hydrogen-bond acceptors (Lipinski definition) is 1. The Kier molecular flexibility index (Phi) is 2.82. The van der Waals surface area contributed by atoms with Gasteiger partial charge in [0.15, 0.2) is 0 Å². The quantitative estimate of drug-likeness (QED) is 0.596. The fourth-order valence-corrected chi connectivity index (χ4v) is 2.69. The molecule has 1 saturated carbocycles. The van der Waals surface area contributed by atoms with Gasteiger partial charge >= 0.3 is 0 Å². The lowest BCUT2D eigenvalue weighted by molar-refractivity contribution is 0.330. The second-order valence-electron chi connectivity index (χ2n) is 4.19. The molecule has 1 atom stereocenters. The summed E-state index contributed by atoms with van der Waals surface area (Å²) >= 11 is 0. The Morgan fingerprint density at radius 1 is 1.27 bits per heavy atom. The fourth-order valence-electron chi connectivity index (χ4n) is 2.69. The first-order chi connectivity index (χ1) is 4.81. The molecule has 11 heavy (non-hydrogen) atoms. The third kappa shape index (κ3) is 1.70. The van der Waals surface area contributed by atoms with Crippen molar-refractivity contribution in [2.24, 2.45) is 5.41 Å². The monoisotopic (exact) mass is 175 g/mol. The van der Waals surface area contributed by atoms with Crippen molar-refractivity contribution >= 4 is 12.4 Å². The molecule has 0 amide bonds. The van der Waals surface area contributed by atoms with Gasteiger partial charge in [0.25, 0.3) is 0 Å². The van der Waals surface area contributed by atoms with Crippen molar-refractivity contribution in [3.05, 3.63) is 0 Å². The highest BCUT2D eigenvalue weighted by molar-refractivity contribution is 5.85. The molecule has 0 bridgehead atoms. The summed E-state index contributed by atoms with van der Waals surface area (Å²) in [5.74, 6) is 0. The summed E-state index contributed by atoms with van der Waals surface area (Å²) in [4.78, 5) is 0. The Labute approximate surface area is 75.4 Å². The summed E-state index contributed by atoms with van der Waals surface area (Å²) in [6.07, 6.45) is 7.38. The molecule has 0 aromatic heterocycles. The normalized spacial score (nSPS) is 34.1. The van der Waals surface area contributed by atoms with Crippen LogP contribution in [0.2, 0.25) is 0 Å². The lowest BCUT2D eigenvalue weighted by Crippen LogP contribution is -2.20. The highest BCUT2D eigenvalue weighted by Crippen LogP contribution is 2.44. The second kappa shape index (κ2) is 3.32. The van der Waals surface area contributed by atoms with E-state index >= 15 is 0 Å². The molecule has 0 aromatic carbocycles. The van der Waals surface area contributed by atoms with Crippen LogP contribution in [0.15, 0.2) is 0 Å². The van der Waals surface area contributed by atoms with Gasteiger partial charge < -0.3 is 5.32 Å². The van der Waals surface area contributed by atoms with E-state index in [9.17, 15) is 0 Å². The molecule has 0 unspecified atom stereocenters. The van der Waals surface area contributed by atoms with Gasteiger partial charge in [-0.3, -0.25) is 0 Å². The molecule has 1 nitrogen and oxygen atoms in total. The number of nitrogens with one attached hydrogen (secondary N) is 1. The van der Waals surface area contributed by atoms with Gasteiger partial charge in [0.2, 0.25) is 0 Å². The van der Waals surface area contributed by atoms with Crippen molar-refractivity contribution in [3.63, 3.8) is 0 Å². The smallest absolute Gasteiger partial charge is 0.00447 e. The number of rotatable bonds is 0. The van der Waals surface area contributed by atoms with Crippen molar-refractivity contribution in [2.45, 2.75) is 45.1 Å². The second-order valence-corrected chi connectivity index (χ2v) is 4.19. The molecule has 0 aromatic rings. The van der Waals surface area contributed by atoms with Gasteiger partial charge in [-0.05, 0) is 31.6 Å². The van der Waals surface area contributed by atoms with E-state index in [1.54, 1.807) is 0 Å². The van der Waals surface area contributed by atoms with Crippen LogP contribution in [0, 0.1) is 5.41 Å². The molecular formula is C9H18ClN. The minimum Gasteiger partial charge on any atom is -0.314 e. The molecule has 1 saturated heterocycles. The Balaban J connectivity index is 0.000000605. The van der Waals surface area contributed by atoms with Crippen LogP contribution in [0.5, 0.6) is 0 Å². The topological polar surface area (TPSA) is 12.0 Å². The van der Waals surface area contributed by atoms with Crippen LogP contribution in [-0.4, -0.2) is 12.6 Å². The van der Waals surface area contributed by atoms with Crippen molar-refractivity contribution in [1.29, 1.82) is 0 Å². The lowest BCUT2D eigenvalue weighted by Gasteiger charge is -2.20. The van der Waals surface area contributed by atoms with Crippen LogP contribution in [0.4, 0.5) is 0 Å². The van der Waals surface area contributed by atoms with Gasteiger partial charge in [0.05, 0.1) is 0 Å². The summed E-state index contributed by atoms with van der Waals surface area (Å²) in [6, 6.07) is 0.790. The van der Waals surface area contributed by atoms with Crippen molar-refractivity contribution in [1.82, 2.24) is 5.32 Å². The van der Waals surface area contributed by atoms with Crippen LogP contribution >= 0.6 is 12.4 Å². The highest BCUT2D eigenvalue weighted by Gasteiger charge is 2.38. The Bertz CT molecular complexity index is 130. The van der Waals surface area contributed by atoms with E-state index in [1.165, 1.54) is 38.6 Å². The van der Waals surface area contributed by atoms with Crippen LogP contribution < -0.4 is 5.32 Å². The van der Waals surface area contributed by atoms with Crippen molar-refractivity contribution in [3.8, 4) is 0 Å². The van der Waals surface area contributed by atoms with Gasteiger partial charge in [0.1, 0.15) is 0 Å². The van der Waals surface area contributed by atoms with E-state index in [2.05, 4.69) is 12.2 Å². The fraction of sp³-hybridized carbons (Fsp3) is 1.00. The van der Waals surface area contributed by atoms with E-state index < -0.39 is 0 Å². The number of hydrogen-bond donors (Lipinski definition) is 1. The molecule has 66 valence electrons. The third-order valence-corrected chi connectivity index (χ3v) is 3.23. The molecule has 1 aliphatic heterocycles. The van der Waals surface area contributed by atoms with Gasteiger partial charge in [-0.1, -0.05) is 12.8 Å². The molecule has 1 aliphatic carbocycles. The summed E-state index contributed by atoms with van der Waals surface area (Å²) in [7, 11) is 0. The predicted octanol–water partition coefficient (Wildman–Crippen LogP) is 2.35. The Morgan fingerprint density at radius 2 is 1.91 bits per heavy atom. The van der Waals surface area contributed by atoms with Crippen LogP contribution in [0.3, 0.4) is 0 Å². The summed E-state index contributed by atoms with van der Waals surface area (Å²) in [6.45, 7) is 3.61. The Hall–Kier alpha value is 0.250. The molecule has 2 heteroatoms. The maximum Gasteiger partial charge on any atom is 0.00447 e. The molecule has 2 aliphatic rings. The predicted molar refractivity (Wildman–Crippen MR) is 50.2 cm³/mol. The van der Waals surface area contributed by atoms with E-state index in [1.807, 2.05) is 0 Å². The molecule has 1 heterocycles. The molecule has 2 rings (SSSR count). The zero-order valence-corrected chi connectivity index (χ0v) is 8.04. The highest BCUT2D eigenvalue weighted by atomic mass is 35.5. The zero-order chi connectivity index (χ0) is 7.03. The first kappa shape index (κ1) is 9.34. The van der Waals surface area contributed by atoms with Gasteiger partial charge in [-0.15, -0.1) is 12.4 Å². The summed E-state index contributed by atoms with van der Waals surface area (Å²) in [5.41, 5.74) is 0.749. The van der Waals surface area contributed by atoms with Gasteiger partial charge in [-0.25, -0.2) is 0 Å². The minimum absolute atomic E-state index is 0. The SMILES string of the molecule is C[C@H]1CC2(CCCC2)CN1.Cl. The van der Waals surface area contributed by atoms with E-state index in [-0.39, 0.29) is 12.4 Å². The van der Waals surface area contributed by atoms with Crippen molar-refractivity contribution < 1.29 is 0 Å². The summed E-state index contributed by atoms with van der Waals surface area (Å²) < 4.78 is 0. The molecule has 2 fully saturated rings. The maximum atomic E-state index is 3.55. The zero-order valence-electron chi connectivity index (χ0n) is 7.23. The number of halogens is 1. The van der Waals surface area contributed by atoms with Gasteiger partial charge in [0, 0.05) is 12.6 Å². The lowest BCUT2D eigenvalue weighted by atomic mass is 9.84. The minimum atomic E-state index is 0.